The van der Waals surface area contributed by atoms with E-state index in [4.69, 9.17) is 10.00 Å². The van der Waals surface area contributed by atoms with Crippen molar-refractivity contribution >= 4 is 0 Å². The molecule has 0 radical (unpaired) electrons. The van der Waals surface area contributed by atoms with Crippen molar-refractivity contribution in [3.63, 3.8) is 0 Å². The molecule has 80 valence electrons. The Labute approximate surface area is 91.5 Å². The second kappa shape index (κ2) is 5.53. The molecule has 1 aromatic carbocycles. The van der Waals surface area contributed by atoms with Gasteiger partial charge in [-0.25, -0.2) is 0 Å². The summed E-state index contributed by atoms with van der Waals surface area (Å²) >= 11 is 0. The Hall–Kier alpha value is -1.33. The topological polar surface area (TPSA) is 33.0 Å². The van der Waals surface area contributed by atoms with Crippen LogP contribution in [0.2, 0.25) is 0 Å². The number of nitrogens with zero attached hydrogens (tertiary/aromatic N) is 1. The lowest BCUT2D eigenvalue weighted by Crippen LogP contribution is -2.03. The number of rotatable bonds is 4. The van der Waals surface area contributed by atoms with Crippen molar-refractivity contribution in [2.45, 2.75) is 26.2 Å². The van der Waals surface area contributed by atoms with Gasteiger partial charge < -0.3 is 4.74 Å². The van der Waals surface area contributed by atoms with Gasteiger partial charge in [0, 0.05) is 7.11 Å². The molecule has 2 nitrogen and oxygen atoms in total. The summed E-state index contributed by atoms with van der Waals surface area (Å²) in [5.41, 5.74) is 3.18. The highest BCUT2D eigenvalue weighted by molar-refractivity contribution is 5.44. The van der Waals surface area contributed by atoms with Crippen LogP contribution in [0.4, 0.5) is 0 Å². The molecule has 0 aromatic heterocycles. The largest absolute Gasteiger partial charge is 0.384 e. The zero-order valence-corrected chi connectivity index (χ0v) is 9.58. The van der Waals surface area contributed by atoms with Crippen LogP contribution in [0.5, 0.6) is 0 Å². The third-order valence-corrected chi connectivity index (χ3v) is 2.47. The number of nitriles is 1. The molecule has 0 heterocycles. The Morgan fingerprint density at radius 1 is 1.40 bits per heavy atom. The number of benzene rings is 1. The number of ether oxygens (including phenoxy) is 1. The van der Waals surface area contributed by atoms with Crippen molar-refractivity contribution in [3.8, 4) is 6.07 Å². The molecule has 0 aliphatic rings. The van der Waals surface area contributed by atoms with Crippen molar-refractivity contribution in [2.75, 3.05) is 13.7 Å². The lowest BCUT2D eigenvalue weighted by atomic mass is 9.91. The fraction of sp³-hybridized carbons (Fsp3) is 0.462. The van der Waals surface area contributed by atoms with E-state index in [1.54, 1.807) is 7.11 Å². The molecule has 0 aliphatic heterocycles. The fourth-order valence-corrected chi connectivity index (χ4v) is 1.82. The van der Waals surface area contributed by atoms with Gasteiger partial charge in [0.05, 0.1) is 18.2 Å². The first-order chi connectivity index (χ1) is 7.20. The van der Waals surface area contributed by atoms with E-state index in [1.165, 1.54) is 5.56 Å². The van der Waals surface area contributed by atoms with E-state index in [2.05, 4.69) is 26.0 Å². The summed E-state index contributed by atoms with van der Waals surface area (Å²) in [7, 11) is 1.70. The predicted octanol–water partition coefficient (Wildman–Crippen LogP) is 2.87. The molecule has 2 heteroatoms. The van der Waals surface area contributed by atoms with Crippen LogP contribution in [0.25, 0.3) is 0 Å². The number of methoxy groups -OCH3 is 1. The lowest BCUT2D eigenvalue weighted by Gasteiger charge is -2.14. The standard InChI is InChI=1S/C13H17NO/c1-10(2)13-11(7-8-15-3)5-4-6-12(13)9-14/h4-6,10H,7-8H2,1-3H3. The maximum atomic E-state index is 9.04. The van der Waals surface area contributed by atoms with Crippen LogP contribution in [0.3, 0.4) is 0 Å². The van der Waals surface area contributed by atoms with Crippen molar-refractivity contribution in [1.82, 2.24) is 0 Å². The van der Waals surface area contributed by atoms with E-state index in [9.17, 15) is 0 Å². The van der Waals surface area contributed by atoms with Crippen LogP contribution in [0.15, 0.2) is 18.2 Å². The van der Waals surface area contributed by atoms with Crippen LogP contribution < -0.4 is 0 Å². The number of hydrogen-bond donors (Lipinski definition) is 0. The average molecular weight is 203 g/mol. The van der Waals surface area contributed by atoms with E-state index >= 15 is 0 Å². The minimum atomic E-state index is 0.382. The Morgan fingerprint density at radius 2 is 2.13 bits per heavy atom. The van der Waals surface area contributed by atoms with Gasteiger partial charge in [-0.15, -0.1) is 0 Å². The van der Waals surface area contributed by atoms with Gasteiger partial charge in [-0.05, 0) is 29.5 Å². The molecule has 0 saturated heterocycles. The number of hydrogen-bond acceptors (Lipinski definition) is 2. The zero-order valence-electron chi connectivity index (χ0n) is 9.58. The quantitative estimate of drug-likeness (QED) is 0.753. The predicted molar refractivity (Wildman–Crippen MR) is 60.8 cm³/mol. The molecule has 0 fully saturated rings. The molecular formula is C13H17NO. The second-order valence-corrected chi connectivity index (χ2v) is 3.89. The van der Waals surface area contributed by atoms with E-state index in [0.29, 0.717) is 12.5 Å². The Morgan fingerprint density at radius 3 is 2.67 bits per heavy atom. The van der Waals surface area contributed by atoms with Gasteiger partial charge in [0.15, 0.2) is 0 Å². The maximum Gasteiger partial charge on any atom is 0.0994 e. The second-order valence-electron chi connectivity index (χ2n) is 3.89. The molecule has 0 bridgehead atoms. The van der Waals surface area contributed by atoms with Gasteiger partial charge in [0.1, 0.15) is 0 Å². The van der Waals surface area contributed by atoms with Crippen LogP contribution in [-0.2, 0) is 11.2 Å². The molecule has 0 aliphatic carbocycles. The minimum absolute atomic E-state index is 0.382. The molecule has 0 N–H and O–H groups in total. The highest BCUT2D eigenvalue weighted by Gasteiger charge is 2.11. The zero-order chi connectivity index (χ0) is 11.3. The van der Waals surface area contributed by atoms with Crippen molar-refractivity contribution in [2.24, 2.45) is 0 Å². The maximum absolute atomic E-state index is 9.04. The minimum Gasteiger partial charge on any atom is -0.384 e. The summed E-state index contributed by atoms with van der Waals surface area (Å²) in [6, 6.07) is 8.15. The van der Waals surface area contributed by atoms with Crippen molar-refractivity contribution in [1.29, 1.82) is 5.26 Å². The third kappa shape index (κ3) is 2.81. The van der Waals surface area contributed by atoms with Gasteiger partial charge in [0.25, 0.3) is 0 Å². The van der Waals surface area contributed by atoms with E-state index in [0.717, 1.165) is 17.5 Å². The van der Waals surface area contributed by atoms with Gasteiger partial charge in [-0.2, -0.15) is 5.26 Å². The monoisotopic (exact) mass is 203 g/mol. The summed E-state index contributed by atoms with van der Waals surface area (Å²) in [6.45, 7) is 4.94. The van der Waals surface area contributed by atoms with Gasteiger partial charge >= 0.3 is 0 Å². The van der Waals surface area contributed by atoms with Crippen molar-refractivity contribution < 1.29 is 4.74 Å². The molecule has 1 rings (SSSR count). The van der Waals surface area contributed by atoms with Crippen LogP contribution in [0, 0.1) is 11.3 Å². The SMILES string of the molecule is COCCc1cccc(C#N)c1C(C)C. The van der Waals surface area contributed by atoms with Gasteiger partial charge in [0.2, 0.25) is 0 Å². The summed E-state index contributed by atoms with van der Waals surface area (Å²) in [5, 5.41) is 9.04. The van der Waals surface area contributed by atoms with Gasteiger partial charge in [-0.3, -0.25) is 0 Å². The summed E-state index contributed by atoms with van der Waals surface area (Å²) in [6.07, 6.45) is 0.875. The fourth-order valence-electron chi connectivity index (χ4n) is 1.82. The molecule has 0 saturated carbocycles. The molecular weight excluding hydrogens is 186 g/mol. The lowest BCUT2D eigenvalue weighted by molar-refractivity contribution is 0.202. The molecule has 0 amide bonds. The van der Waals surface area contributed by atoms with E-state index < -0.39 is 0 Å². The van der Waals surface area contributed by atoms with Crippen LogP contribution in [0.1, 0.15) is 36.5 Å². The Kier molecular flexibility index (Phi) is 4.33. The first-order valence-corrected chi connectivity index (χ1v) is 5.21. The molecule has 0 unspecified atom stereocenters. The molecule has 15 heavy (non-hydrogen) atoms. The smallest absolute Gasteiger partial charge is 0.0994 e. The first kappa shape index (κ1) is 11.7. The van der Waals surface area contributed by atoms with Crippen LogP contribution >= 0.6 is 0 Å². The Balaban J connectivity index is 3.09. The van der Waals surface area contributed by atoms with Crippen LogP contribution in [-0.4, -0.2) is 13.7 Å². The third-order valence-electron chi connectivity index (χ3n) is 2.47. The summed E-state index contributed by atoms with van der Waals surface area (Å²) in [5.74, 6) is 0.382. The molecule has 0 spiro atoms. The summed E-state index contributed by atoms with van der Waals surface area (Å²) < 4.78 is 5.07. The highest BCUT2D eigenvalue weighted by atomic mass is 16.5. The van der Waals surface area contributed by atoms with Gasteiger partial charge in [-0.1, -0.05) is 26.0 Å². The Bertz CT molecular complexity index is 363. The molecule has 1 aromatic rings. The highest BCUT2D eigenvalue weighted by Crippen LogP contribution is 2.23. The normalized spacial score (nSPS) is 10.3. The summed E-state index contributed by atoms with van der Waals surface area (Å²) in [4.78, 5) is 0. The average Bonchev–Trinajstić information content (AvgIpc) is 2.25. The molecule has 0 atom stereocenters. The van der Waals surface area contributed by atoms with E-state index in [1.807, 2.05) is 12.1 Å². The first-order valence-electron chi connectivity index (χ1n) is 5.21. The van der Waals surface area contributed by atoms with Crippen molar-refractivity contribution in [3.05, 3.63) is 34.9 Å². The van der Waals surface area contributed by atoms with E-state index in [-0.39, 0.29) is 0 Å².